The molecule has 0 aliphatic carbocycles. The first-order valence-electron chi connectivity index (χ1n) is 44.1. The van der Waals surface area contributed by atoms with Crippen LogP contribution in [-0.2, 0) is 0 Å². The molecular formula is C124H96O6S2. The van der Waals surface area contributed by atoms with E-state index in [0.717, 1.165) is 67.0 Å². The van der Waals surface area contributed by atoms with Crippen LogP contribution in [0.25, 0.3) is 172 Å². The van der Waals surface area contributed by atoms with Gasteiger partial charge in [-0.25, -0.2) is 0 Å². The van der Waals surface area contributed by atoms with E-state index in [4.69, 9.17) is 26.5 Å². The monoisotopic (exact) mass is 1740 g/mol. The summed E-state index contributed by atoms with van der Waals surface area (Å²) in [5, 5.41) is 19.8. The van der Waals surface area contributed by atoms with Crippen molar-refractivity contribution in [1.29, 1.82) is 0 Å². The first-order chi connectivity index (χ1) is 65.2. The Hall–Kier alpha value is -16.4. The van der Waals surface area contributed by atoms with Gasteiger partial charge in [-0.2, -0.15) is 0 Å². The van der Waals surface area contributed by atoms with Gasteiger partial charge in [0.15, 0.2) is 0 Å². The van der Waals surface area contributed by atoms with Crippen LogP contribution in [0.5, 0.6) is 0 Å². The minimum absolute atomic E-state index is 0.962. The van der Waals surface area contributed by atoms with Gasteiger partial charge in [-0.15, -0.1) is 22.7 Å². The molecule has 0 atom stereocenters. The van der Waals surface area contributed by atoms with E-state index in [1.165, 1.54) is 127 Å². The van der Waals surface area contributed by atoms with E-state index in [-0.39, 0.29) is 0 Å². The zero-order valence-corrected chi connectivity index (χ0v) is 75.4. The second-order valence-corrected chi connectivity index (χ2v) is 33.5. The van der Waals surface area contributed by atoms with E-state index in [0.29, 0.717) is 0 Å². The van der Waals surface area contributed by atoms with E-state index < -0.39 is 0 Å². The largest absolute Gasteiger partial charge is 0.456 e. The van der Waals surface area contributed by atoms with E-state index in [9.17, 15) is 0 Å². The quantitative estimate of drug-likeness (QED) is 0.151. The molecule has 0 saturated carbocycles. The standard InChI is InChI=1S/6C12H8O.2C12H8S.4C7H8/c8*1-3-7-11-9(5-1)10-6-2-4-8-12(10)13-11;4*1-7-5-3-2-4-6-7/h8*1-8H;4*2-6H,1H3. The maximum Gasteiger partial charge on any atom is 0.135 e. The molecule has 0 aliphatic rings. The minimum atomic E-state index is 0.962. The average Bonchev–Trinajstić information content (AvgIpc) is 1.70. The Morgan fingerprint density at radius 2 is 0.205 bits per heavy atom. The molecule has 28 rings (SSSR count). The molecule has 0 aliphatic heterocycles. The van der Waals surface area contributed by atoms with E-state index in [1.807, 2.05) is 314 Å². The molecule has 0 unspecified atom stereocenters. The molecule has 0 saturated heterocycles. The van der Waals surface area contributed by atoms with Crippen LogP contribution in [-0.4, -0.2) is 0 Å². The van der Waals surface area contributed by atoms with Gasteiger partial charge in [-0.05, 0) is 125 Å². The molecule has 0 amide bonds. The first-order valence-corrected chi connectivity index (χ1v) is 45.8. The number of fused-ring (bicyclic) bond motifs is 24. The van der Waals surface area contributed by atoms with Crippen LogP contribution in [0.4, 0.5) is 0 Å². The molecule has 0 N–H and O–H groups in total. The first kappa shape index (κ1) is 87.7. The normalized spacial score (nSPS) is 10.6. The fourth-order valence-electron chi connectivity index (χ4n) is 15.5. The Bertz CT molecular complexity index is 6660. The molecule has 0 radical (unpaired) electrons. The van der Waals surface area contributed by atoms with Crippen LogP contribution in [0.1, 0.15) is 22.3 Å². The Kier molecular flexibility index (Phi) is 29.2. The summed E-state index contributed by atoms with van der Waals surface area (Å²) >= 11 is 3.72. The van der Waals surface area contributed by atoms with Crippen molar-refractivity contribution >= 4 is 195 Å². The Morgan fingerprint density at radius 3 is 0.318 bits per heavy atom. The highest BCUT2D eigenvalue weighted by Crippen LogP contribution is 2.37. The lowest BCUT2D eigenvalue weighted by Crippen LogP contribution is -1.62. The number of aryl methyl sites for hydroxylation is 4. The van der Waals surface area contributed by atoms with Gasteiger partial charge in [0.1, 0.15) is 67.0 Å². The van der Waals surface area contributed by atoms with Crippen molar-refractivity contribution in [1.82, 2.24) is 0 Å². The molecule has 0 spiro atoms. The maximum absolute atomic E-state index is 5.65. The van der Waals surface area contributed by atoms with Crippen LogP contribution in [0, 0.1) is 27.7 Å². The Morgan fingerprint density at radius 1 is 0.106 bits per heavy atom. The molecule has 0 fully saturated rings. The molecule has 640 valence electrons. The summed E-state index contributed by atoms with van der Waals surface area (Å²) in [5.41, 5.74) is 16.8. The summed E-state index contributed by atoms with van der Waals surface area (Å²) in [6.07, 6.45) is 0. The Labute approximate surface area is 775 Å². The highest BCUT2D eigenvalue weighted by molar-refractivity contribution is 7.26. The van der Waals surface area contributed by atoms with Gasteiger partial charge < -0.3 is 26.5 Å². The summed E-state index contributed by atoms with van der Waals surface area (Å²) in [6, 6.07) is 173. The van der Waals surface area contributed by atoms with Gasteiger partial charge in [0, 0.05) is 105 Å². The summed E-state index contributed by atoms with van der Waals surface area (Å²) in [6.45, 7) is 8.33. The fourth-order valence-corrected chi connectivity index (χ4v) is 17.7. The topological polar surface area (TPSA) is 78.8 Å². The third-order valence-electron chi connectivity index (χ3n) is 22.0. The number of furan rings is 6. The molecule has 6 nitrogen and oxygen atoms in total. The lowest BCUT2D eigenvalue weighted by molar-refractivity contribution is 0.668. The van der Waals surface area contributed by atoms with Gasteiger partial charge in [-0.1, -0.05) is 435 Å². The van der Waals surface area contributed by atoms with Gasteiger partial charge in [0.2, 0.25) is 0 Å². The molecule has 8 aromatic heterocycles. The SMILES string of the molecule is Cc1ccccc1.Cc1ccccc1.Cc1ccccc1.Cc1ccccc1.c1ccc2c(c1)oc1ccccc12.c1ccc2c(c1)oc1ccccc12.c1ccc2c(c1)oc1ccccc12.c1ccc2c(c1)oc1ccccc12.c1ccc2c(c1)oc1ccccc12.c1ccc2c(c1)oc1ccccc12.c1ccc2c(c1)sc1ccccc12.c1ccc2c(c1)sc1ccccc12. The maximum atomic E-state index is 5.65. The highest BCUT2D eigenvalue weighted by Gasteiger charge is 2.11. The number of rotatable bonds is 0. The summed E-state index contributed by atoms with van der Waals surface area (Å²) < 4.78 is 39.4. The van der Waals surface area contributed by atoms with Crippen LogP contribution in [0.2, 0.25) is 0 Å². The van der Waals surface area contributed by atoms with Crippen LogP contribution in [0.3, 0.4) is 0 Å². The molecule has 0 bridgehead atoms. The second-order valence-electron chi connectivity index (χ2n) is 31.4. The third-order valence-corrected chi connectivity index (χ3v) is 24.3. The van der Waals surface area contributed by atoms with Crippen molar-refractivity contribution in [2.45, 2.75) is 27.7 Å². The average molecular weight is 1750 g/mol. The van der Waals surface area contributed by atoms with Crippen molar-refractivity contribution in [3.63, 3.8) is 0 Å². The lowest BCUT2D eigenvalue weighted by Gasteiger charge is -1.88. The van der Waals surface area contributed by atoms with Gasteiger partial charge in [-0.3, -0.25) is 0 Å². The second kappa shape index (κ2) is 43.9. The summed E-state index contributed by atoms with van der Waals surface area (Å²) in [4.78, 5) is 0. The molecule has 20 aromatic carbocycles. The molecule has 8 heteroatoms. The summed E-state index contributed by atoms with van der Waals surface area (Å²) in [7, 11) is 0. The third kappa shape index (κ3) is 22.1. The van der Waals surface area contributed by atoms with Crippen molar-refractivity contribution in [3.05, 3.63) is 532 Å². The molecule has 28 aromatic rings. The number of hydrogen-bond donors (Lipinski definition) is 0. The van der Waals surface area contributed by atoms with E-state index in [2.05, 4.69) is 246 Å². The summed E-state index contributed by atoms with van der Waals surface area (Å²) in [5.74, 6) is 0. The molecular weight excluding hydrogens is 1650 g/mol. The van der Waals surface area contributed by atoms with E-state index >= 15 is 0 Å². The van der Waals surface area contributed by atoms with Crippen molar-refractivity contribution in [3.8, 4) is 0 Å². The van der Waals surface area contributed by atoms with E-state index in [1.54, 1.807) is 0 Å². The number of para-hydroxylation sites is 12. The predicted octanol–water partition coefficient (Wildman–Crippen LogP) is 37.6. The van der Waals surface area contributed by atoms with Crippen molar-refractivity contribution < 1.29 is 26.5 Å². The number of benzene rings is 20. The molecule has 8 heterocycles. The number of thiophene rings is 2. The van der Waals surface area contributed by atoms with Crippen LogP contribution in [0.15, 0.2) is 536 Å². The zero-order chi connectivity index (χ0) is 89.8. The number of hydrogen-bond acceptors (Lipinski definition) is 8. The van der Waals surface area contributed by atoms with Crippen molar-refractivity contribution in [2.24, 2.45) is 0 Å². The van der Waals surface area contributed by atoms with Gasteiger partial charge in [0.25, 0.3) is 0 Å². The Balaban J connectivity index is 0.000000101. The van der Waals surface area contributed by atoms with Gasteiger partial charge >= 0.3 is 0 Å². The van der Waals surface area contributed by atoms with Crippen LogP contribution < -0.4 is 0 Å². The lowest BCUT2D eigenvalue weighted by atomic mass is 10.2. The van der Waals surface area contributed by atoms with Crippen molar-refractivity contribution in [2.75, 3.05) is 0 Å². The van der Waals surface area contributed by atoms with Crippen LogP contribution >= 0.6 is 22.7 Å². The predicted molar refractivity (Wildman–Crippen MR) is 566 cm³/mol. The van der Waals surface area contributed by atoms with Gasteiger partial charge in [0.05, 0.1) is 0 Å². The zero-order valence-electron chi connectivity index (χ0n) is 73.8. The highest BCUT2D eigenvalue weighted by atomic mass is 32.1. The minimum Gasteiger partial charge on any atom is -0.456 e. The fraction of sp³-hybridized carbons (Fsp3) is 0.0323. The molecule has 132 heavy (non-hydrogen) atoms. The smallest absolute Gasteiger partial charge is 0.135 e.